The van der Waals surface area contributed by atoms with Crippen LogP contribution in [0.1, 0.15) is 58.4 Å². The molecule has 0 unspecified atom stereocenters. The van der Waals surface area contributed by atoms with Crippen molar-refractivity contribution in [2.75, 3.05) is 0 Å². The predicted molar refractivity (Wildman–Crippen MR) is 183 cm³/mol. The van der Waals surface area contributed by atoms with Gasteiger partial charge in [-0.05, 0) is 89.9 Å². The SMILES string of the molecule is [2H]C([2H])([2H])c1cnc(-c2[c-]ccc3c2oc2ccccc23)cc1-c1ccc(C([2H])([2H])C(C)(C)C)cc1C([2H])([2H])[2H].[2H]C([2H])([2H])c1n[c-]c(-c2ccccn2)cn1.[Ir]. The molecular weight excluding hydrogens is 745 g/mol. The Bertz CT molecular complexity index is 2510. The molecule has 0 bridgehead atoms. The molecule has 0 aliphatic heterocycles. The zero-order chi connectivity index (χ0) is 40.8. The normalized spacial score (nSPS) is 15.8. The molecule has 0 fully saturated rings. The first-order valence-corrected chi connectivity index (χ1v) is 14.2. The summed E-state index contributed by atoms with van der Waals surface area (Å²) >= 11 is 0. The zero-order valence-corrected chi connectivity index (χ0v) is 27.7. The van der Waals surface area contributed by atoms with E-state index in [1.807, 2.05) is 36.4 Å². The van der Waals surface area contributed by atoms with Gasteiger partial charge in [0.05, 0.1) is 5.58 Å². The fourth-order valence-corrected chi connectivity index (χ4v) is 4.93. The number of aromatic nitrogens is 4. The van der Waals surface area contributed by atoms with Crippen LogP contribution in [0.2, 0.25) is 0 Å². The van der Waals surface area contributed by atoms with E-state index < -0.39 is 32.3 Å². The van der Waals surface area contributed by atoms with E-state index in [0.717, 1.165) is 10.8 Å². The van der Waals surface area contributed by atoms with Gasteiger partial charge in [0, 0.05) is 58.8 Å². The number of pyridine rings is 2. The minimum atomic E-state index is -2.64. The quantitative estimate of drug-likeness (QED) is 0.166. The summed E-state index contributed by atoms with van der Waals surface area (Å²) in [6.07, 6.45) is 5.09. The Balaban J connectivity index is 0.000000305. The molecule has 4 aromatic heterocycles. The van der Waals surface area contributed by atoms with E-state index in [0.29, 0.717) is 33.7 Å². The van der Waals surface area contributed by atoms with E-state index in [2.05, 4.69) is 32.2 Å². The molecule has 233 valence electrons. The van der Waals surface area contributed by atoms with Crippen molar-refractivity contribution in [3.63, 3.8) is 0 Å². The average Bonchev–Trinajstić information content (AvgIpc) is 3.52. The Kier molecular flexibility index (Phi) is 6.42. The van der Waals surface area contributed by atoms with Gasteiger partial charge in [0.15, 0.2) is 0 Å². The molecule has 0 amide bonds. The zero-order valence-electron chi connectivity index (χ0n) is 36.3. The summed E-state index contributed by atoms with van der Waals surface area (Å²) in [5, 5.41) is 1.77. The molecule has 0 aliphatic rings. The number of benzene rings is 3. The van der Waals surface area contributed by atoms with E-state index in [4.69, 9.17) is 19.5 Å². The second-order valence-electron chi connectivity index (χ2n) is 11.4. The summed E-state index contributed by atoms with van der Waals surface area (Å²) in [6.45, 7) is -2.29. The van der Waals surface area contributed by atoms with Crippen molar-refractivity contribution >= 4 is 21.9 Å². The van der Waals surface area contributed by atoms with Crippen LogP contribution in [0.4, 0.5) is 0 Å². The Morgan fingerprint density at radius 2 is 1.65 bits per heavy atom. The number of rotatable bonds is 4. The molecule has 5 nitrogen and oxygen atoms in total. The Morgan fingerprint density at radius 1 is 0.804 bits per heavy atom. The summed E-state index contributed by atoms with van der Waals surface area (Å²) in [7, 11) is 0. The smallest absolute Gasteiger partial charge is 0.120 e. The molecular formula is C40H36IrN4O-2. The third kappa shape index (κ3) is 7.30. The van der Waals surface area contributed by atoms with Crippen molar-refractivity contribution in [2.45, 2.75) is 47.7 Å². The van der Waals surface area contributed by atoms with E-state index >= 15 is 0 Å². The maximum Gasteiger partial charge on any atom is 0.120 e. The minimum absolute atomic E-state index is 0. The summed E-state index contributed by atoms with van der Waals surface area (Å²) in [4.78, 5) is 16.0. The van der Waals surface area contributed by atoms with Gasteiger partial charge in [0.1, 0.15) is 5.58 Å². The van der Waals surface area contributed by atoms with E-state index in [-0.39, 0.29) is 53.7 Å². The first-order chi connectivity index (χ1) is 26.1. The summed E-state index contributed by atoms with van der Waals surface area (Å²) in [5.41, 5.74) is 2.88. The van der Waals surface area contributed by atoms with E-state index in [1.54, 1.807) is 51.2 Å². The van der Waals surface area contributed by atoms with Crippen LogP contribution >= 0.6 is 0 Å². The fourth-order valence-electron chi connectivity index (χ4n) is 4.93. The molecule has 46 heavy (non-hydrogen) atoms. The predicted octanol–water partition coefficient (Wildman–Crippen LogP) is 9.97. The summed E-state index contributed by atoms with van der Waals surface area (Å²) < 4.78 is 94.1. The van der Waals surface area contributed by atoms with Crippen LogP contribution in [0.3, 0.4) is 0 Å². The second-order valence-corrected chi connectivity index (χ2v) is 11.4. The van der Waals surface area contributed by atoms with Gasteiger partial charge < -0.3 is 24.4 Å². The Morgan fingerprint density at radius 3 is 2.39 bits per heavy atom. The molecule has 7 aromatic rings. The molecule has 0 spiro atoms. The van der Waals surface area contributed by atoms with Gasteiger partial charge >= 0.3 is 0 Å². The largest absolute Gasteiger partial charge is 0.501 e. The number of fused-ring (bicyclic) bond motifs is 3. The van der Waals surface area contributed by atoms with Crippen molar-refractivity contribution in [1.82, 2.24) is 19.9 Å². The second kappa shape index (κ2) is 13.9. The number of hydrogen-bond donors (Lipinski definition) is 0. The number of furan rings is 1. The fraction of sp³-hybridized carbons (Fsp3) is 0.200. The van der Waals surface area contributed by atoms with Crippen LogP contribution < -0.4 is 0 Å². The van der Waals surface area contributed by atoms with Gasteiger partial charge in [-0.3, -0.25) is 0 Å². The molecule has 0 aliphatic carbocycles. The van der Waals surface area contributed by atoms with Crippen LogP contribution in [-0.2, 0) is 26.5 Å². The van der Waals surface area contributed by atoms with Crippen LogP contribution in [0.5, 0.6) is 0 Å². The third-order valence-corrected chi connectivity index (χ3v) is 6.87. The van der Waals surface area contributed by atoms with Gasteiger partial charge in [-0.15, -0.1) is 18.2 Å². The van der Waals surface area contributed by atoms with Gasteiger partial charge in [-0.2, -0.15) is 0 Å². The van der Waals surface area contributed by atoms with Gasteiger partial charge in [-0.25, -0.2) is 0 Å². The topological polar surface area (TPSA) is 64.7 Å². The summed E-state index contributed by atoms with van der Waals surface area (Å²) in [5.74, 6) is -0.202. The van der Waals surface area contributed by atoms with Crippen molar-refractivity contribution in [3.8, 4) is 33.6 Å². The number of nitrogens with zero attached hydrogens (tertiary/aromatic N) is 4. The first-order valence-electron chi connectivity index (χ1n) is 19.7. The maximum absolute atomic E-state index is 8.67. The third-order valence-electron chi connectivity index (χ3n) is 6.87. The molecule has 4 heterocycles. The molecule has 0 N–H and O–H groups in total. The molecule has 0 saturated carbocycles. The van der Waals surface area contributed by atoms with Crippen LogP contribution in [-0.4, -0.2) is 19.9 Å². The molecule has 7 rings (SSSR count). The molecule has 0 atom stereocenters. The first kappa shape index (κ1) is 21.3. The van der Waals surface area contributed by atoms with E-state index in [1.165, 1.54) is 30.6 Å². The van der Waals surface area contributed by atoms with Crippen LogP contribution in [0.25, 0.3) is 55.6 Å². The molecule has 3 aromatic carbocycles. The van der Waals surface area contributed by atoms with Crippen molar-refractivity contribution < 1.29 is 39.6 Å². The Hall–Kier alpha value is -4.51. The molecule has 0 saturated heterocycles. The standard InChI is InChI=1S/C30H28NO.C10H8N3.Ir/c1-19-15-21(17-30(3,4)5)13-14-22(19)26-16-27(31-18-20(26)2)25-11-8-10-24-23-9-6-7-12-28(23)32-29(24)25;1-8-12-6-9(7-13-8)10-4-2-3-5-11-10;/h6-10,12-16,18H,17H2,1-5H3;2-6H,1H3;/q2*-1;/i1D3,2D3,17D2;1D3;. The van der Waals surface area contributed by atoms with Gasteiger partial charge in [0.25, 0.3) is 0 Å². The molecule has 6 heteroatoms. The number of para-hydroxylation sites is 1. The van der Waals surface area contributed by atoms with Crippen molar-refractivity contribution in [1.29, 1.82) is 0 Å². The van der Waals surface area contributed by atoms with Gasteiger partial charge in [0.2, 0.25) is 0 Å². The van der Waals surface area contributed by atoms with E-state index in [9.17, 15) is 0 Å². The van der Waals surface area contributed by atoms with Crippen LogP contribution in [0.15, 0.2) is 102 Å². The monoisotopic (exact) mass is 792 g/mol. The maximum atomic E-state index is 8.67. The average molecular weight is 792 g/mol. The molecule has 1 radical (unpaired) electrons. The number of hydrogen-bond acceptors (Lipinski definition) is 5. The van der Waals surface area contributed by atoms with Gasteiger partial charge in [-0.1, -0.05) is 98.1 Å². The van der Waals surface area contributed by atoms with Crippen molar-refractivity contribution in [2.24, 2.45) is 5.41 Å². The summed E-state index contributed by atoms with van der Waals surface area (Å²) in [6, 6.07) is 25.7. The Labute approximate surface area is 300 Å². The van der Waals surface area contributed by atoms with Crippen molar-refractivity contribution in [3.05, 3.63) is 132 Å². The minimum Gasteiger partial charge on any atom is -0.501 e. The number of aryl methyl sites for hydroxylation is 3. The van der Waals surface area contributed by atoms with Crippen LogP contribution in [0, 0.1) is 38.2 Å².